The average Bonchev–Trinajstić information content (AvgIpc) is 2.32. The van der Waals surface area contributed by atoms with E-state index in [2.05, 4.69) is 15.3 Å². The van der Waals surface area contributed by atoms with Gasteiger partial charge in [0.05, 0.1) is 10.0 Å². The van der Waals surface area contributed by atoms with Crippen molar-refractivity contribution in [3.05, 3.63) is 40.0 Å². The van der Waals surface area contributed by atoms with Gasteiger partial charge in [0.1, 0.15) is 5.82 Å². The molecule has 0 radical (unpaired) electrons. The molecular weight excluding hydrogens is 257 g/mol. The van der Waals surface area contributed by atoms with Crippen LogP contribution < -0.4 is 5.32 Å². The minimum atomic E-state index is 0.500. The van der Waals surface area contributed by atoms with E-state index in [1.54, 1.807) is 12.1 Å². The zero-order valence-electron chi connectivity index (χ0n) is 9.46. The summed E-state index contributed by atoms with van der Waals surface area (Å²) in [4.78, 5) is 8.74. The molecule has 17 heavy (non-hydrogen) atoms. The first-order valence-electron chi connectivity index (χ1n) is 5.09. The summed E-state index contributed by atoms with van der Waals surface area (Å²) in [7, 11) is 1.82. The number of benzene rings is 1. The van der Waals surface area contributed by atoms with Crippen molar-refractivity contribution in [3.63, 3.8) is 0 Å². The van der Waals surface area contributed by atoms with Crippen molar-refractivity contribution in [3.8, 4) is 11.4 Å². The third-order valence-electron chi connectivity index (χ3n) is 2.29. The van der Waals surface area contributed by atoms with Crippen molar-refractivity contribution in [1.82, 2.24) is 9.97 Å². The largest absolute Gasteiger partial charge is 0.373 e. The Labute approximate surface area is 110 Å². The van der Waals surface area contributed by atoms with E-state index in [-0.39, 0.29) is 0 Å². The Morgan fingerprint density at radius 1 is 1.06 bits per heavy atom. The maximum atomic E-state index is 5.97. The monoisotopic (exact) mass is 267 g/mol. The first-order valence-corrected chi connectivity index (χ1v) is 5.84. The number of anilines is 1. The summed E-state index contributed by atoms with van der Waals surface area (Å²) >= 11 is 11.8. The maximum Gasteiger partial charge on any atom is 0.161 e. The number of hydrogen-bond donors (Lipinski definition) is 1. The topological polar surface area (TPSA) is 37.8 Å². The van der Waals surface area contributed by atoms with E-state index in [1.807, 2.05) is 26.1 Å². The molecule has 0 aliphatic carbocycles. The van der Waals surface area contributed by atoms with Gasteiger partial charge in [-0.3, -0.25) is 0 Å². The van der Waals surface area contributed by atoms with Crippen LogP contribution in [0.4, 0.5) is 5.82 Å². The molecular formula is C12H11Cl2N3. The van der Waals surface area contributed by atoms with Crippen molar-refractivity contribution in [2.24, 2.45) is 0 Å². The van der Waals surface area contributed by atoms with Crippen LogP contribution in [0.25, 0.3) is 11.4 Å². The summed E-state index contributed by atoms with van der Waals surface area (Å²) in [6, 6.07) is 7.23. The summed E-state index contributed by atoms with van der Waals surface area (Å²) in [5.41, 5.74) is 1.74. The summed E-state index contributed by atoms with van der Waals surface area (Å²) in [6.07, 6.45) is 0. The lowest BCUT2D eigenvalue weighted by Crippen LogP contribution is -1.98. The molecule has 5 heteroatoms. The van der Waals surface area contributed by atoms with Gasteiger partial charge in [0.2, 0.25) is 0 Å². The molecule has 3 nitrogen and oxygen atoms in total. The Morgan fingerprint density at radius 3 is 2.47 bits per heavy atom. The lowest BCUT2D eigenvalue weighted by Gasteiger charge is -2.06. The second kappa shape index (κ2) is 4.90. The highest BCUT2D eigenvalue weighted by molar-refractivity contribution is 6.42. The number of nitrogens with zero attached hydrogens (tertiary/aromatic N) is 2. The second-order valence-electron chi connectivity index (χ2n) is 3.60. The number of nitrogens with one attached hydrogen (secondary N) is 1. The fourth-order valence-corrected chi connectivity index (χ4v) is 1.76. The van der Waals surface area contributed by atoms with Gasteiger partial charge >= 0.3 is 0 Å². The van der Waals surface area contributed by atoms with E-state index >= 15 is 0 Å². The fourth-order valence-electron chi connectivity index (χ4n) is 1.46. The molecule has 0 unspecified atom stereocenters. The highest BCUT2D eigenvalue weighted by Gasteiger charge is 2.06. The number of rotatable bonds is 2. The average molecular weight is 268 g/mol. The zero-order chi connectivity index (χ0) is 12.4. The number of halogens is 2. The Hall–Kier alpha value is -1.32. The fraction of sp³-hybridized carbons (Fsp3) is 0.167. The summed E-state index contributed by atoms with van der Waals surface area (Å²) in [5.74, 6) is 1.41. The Bertz CT molecular complexity index is 555. The molecule has 0 saturated carbocycles. The standard InChI is InChI=1S/C12H11Cl2N3/c1-7-5-11(15-2)17-12(16-7)8-3-4-9(13)10(14)6-8/h3-6H,1-2H3,(H,15,16,17). The molecule has 0 fully saturated rings. The number of aromatic nitrogens is 2. The van der Waals surface area contributed by atoms with Gasteiger partial charge in [0, 0.05) is 24.4 Å². The van der Waals surface area contributed by atoms with Crippen molar-refractivity contribution < 1.29 is 0 Å². The summed E-state index contributed by atoms with van der Waals surface area (Å²) in [6.45, 7) is 1.92. The minimum Gasteiger partial charge on any atom is -0.373 e. The summed E-state index contributed by atoms with van der Waals surface area (Å²) in [5, 5.41) is 4.02. The van der Waals surface area contributed by atoms with Crippen LogP contribution >= 0.6 is 23.2 Å². The van der Waals surface area contributed by atoms with Gasteiger partial charge in [-0.2, -0.15) is 0 Å². The third kappa shape index (κ3) is 2.68. The van der Waals surface area contributed by atoms with Gasteiger partial charge in [0.25, 0.3) is 0 Å². The smallest absolute Gasteiger partial charge is 0.161 e. The first-order chi connectivity index (χ1) is 8.10. The van der Waals surface area contributed by atoms with Crippen LogP contribution in [0, 0.1) is 6.92 Å². The highest BCUT2D eigenvalue weighted by Crippen LogP contribution is 2.27. The van der Waals surface area contributed by atoms with Gasteiger partial charge in [-0.25, -0.2) is 9.97 Å². The third-order valence-corrected chi connectivity index (χ3v) is 3.03. The van der Waals surface area contributed by atoms with E-state index in [4.69, 9.17) is 23.2 Å². The predicted octanol–water partition coefficient (Wildman–Crippen LogP) is 3.80. The molecule has 0 spiro atoms. The molecule has 0 aliphatic heterocycles. The molecule has 0 saturated heterocycles. The molecule has 1 aromatic carbocycles. The van der Waals surface area contributed by atoms with E-state index in [0.717, 1.165) is 17.1 Å². The molecule has 0 atom stereocenters. The summed E-state index contributed by atoms with van der Waals surface area (Å²) < 4.78 is 0. The lowest BCUT2D eigenvalue weighted by atomic mass is 10.2. The van der Waals surface area contributed by atoms with Gasteiger partial charge in [-0.05, 0) is 25.1 Å². The van der Waals surface area contributed by atoms with Gasteiger partial charge < -0.3 is 5.32 Å². The van der Waals surface area contributed by atoms with Gasteiger partial charge in [0.15, 0.2) is 5.82 Å². The molecule has 1 aromatic heterocycles. The lowest BCUT2D eigenvalue weighted by molar-refractivity contribution is 1.11. The van der Waals surface area contributed by atoms with Crippen LogP contribution in [-0.4, -0.2) is 17.0 Å². The van der Waals surface area contributed by atoms with Gasteiger partial charge in [-0.1, -0.05) is 23.2 Å². The van der Waals surface area contributed by atoms with Crippen LogP contribution in [0.15, 0.2) is 24.3 Å². The minimum absolute atomic E-state index is 0.500. The van der Waals surface area contributed by atoms with Crippen LogP contribution in [0.5, 0.6) is 0 Å². The second-order valence-corrected chi connectivity index (χ2v) is 4.41. The normalized spacial score (nSPS) is 10.4. The molecule has 1 N–H and O–H groups in total. The van der Waals surface area contributed by atoms with E-state index in [9.17, 15) is 0 Å². The van der Waals surface area contributed by atoms with Crippen LogP contribution in [0.1, 0.15) is 5.69 Å². The molecule has 2 aromatic rings. The molecule has 0 aliphatic rings. The predicted molar refractivity (Wildman–Crippen MR) is 71.8 cm³/mol. The quantitative estimate of drug-likeness (QED) is 0.900. The molecule has 0 amide bonds. The Kier molecular flexibility index (Phi) is 3.50. The molecule has 1 heterocycles. The van der Waals surface area contributed by atoms with Crippen molar-refractivity contribution in [2.45, 2.75) is 6.92 Å². The van der Waals surface area contributed by atoms with Crippen LogP contribution in [0.2, 0.25) is 10.0 Å². The van der Waals surface area contributed by atoms with Crippen LogP contribution in [-0.2, 0) is 0 Å². The van der Waals surface area contributed by atoms with Crippen LogP contribution in [0.3, 0.4) is 0 Å². The van der Waals surface area contributed by atoms with E-state index in [1.165, 1.54) is 0 Å². The molecule has 88 valence electrons. The number of hydrogen-bond acceptors (Lipinski definition) is 3. The highest BCUT2D eigenvalue weighted by atomic mass is 35.5. The zero-order valence-corrected chi connectivity index (χ0v) is 11.0. The SMILES string of the molecule is CNc1cc(C)nc(-c2ccc(Cl)c(Cl)c2)n1. The van der Waals surface area contributed by atoms with Crippen molar-refractivity contribution in [1.29, 1.82) is 0 Å². The molecule has 0 bridgehead atoms. The maximum absolute atomic E-state index is 5.97. The Morgan fingerprint density at radius 2 is 1.82 bits per heavy atom. The molecule has 2 rings (SSSR count). The van der Waals surface area contributed by atoms with Crippen molar-refractivity contribution >= 4 is 29.0 Å². The van der Waals surface area contributed by atoms with E-state index < -0.39 is 0 Å². The van der Waals surface area contributed by atoms with Crippen molar-refractivity contribution in [2.75, 3.05) is 12.4 Å². The van der Waals surface area contributed by atoms with E-state index in [0.29, 0.717) is 15.9 Å². The van der Waals surface area contributed by atoms with Gasteiger partial charge in [-0.15, -0.1) is 0 Å². The first kappa shape index (κ1) is 12.1. The number of aryl methyl sites for hydroxylation is 1. The Balaban J connectivity index is 2.52.